The van der Waals surface area contributed by atoms with Gasteiger partial charge in [0.1, 0.15) is 5.75 Å². The number of hydrogen-bond donors (Lipinski definition) is 1. The molecule has 0 atom stereocenters. The molecular formula is C12H13ClN2O. The smallest absolute Gasteiger partial charge is 0.134 e. The molecule has 0 fully saturated rings. The molecule has 0 saturated carbocycles. The van der Waals surface area contributed by atoms with E-state index >= 15 is 0 Å². The number of phenols is 1. The zero-order chi connectivity index (χ0) is 11.5. The molecule has 1 N–H and O–H groups in total. The Morgan fingerprint density at radius 1 is 1.38 bits per heavy atom. The predicted octanol–water partition coefficient (Wildman–Crippen LogP) is 3.32. The van der Waals surface area contributed by atoms with E-state index in [1.807, 2.05) is 16.9 Å². The second kappa shape index (κ2) is 4.58. The minimum Gasteiger partial charge on any atom is -0.506 e. The molecule has 0 amide bonds. The third-order valence-electron chi connectivity index (χ3n) is 2.37. The Kier molecular flexibility index (Phi) is 3.15. The van der Waals surface area contributed by atoms with E-state index in [1.54, 1.807) is 18.3 Å². The van der Waals surface area contributed by atoms with Gasteiger partial charge in [-0.25, -0.2) is 0 Å². The molecule has 4 heteroatoms. The summed E-state index contributed by atoms with van der Waals surface area (Å²) < 4.78 is 1.90. The number of rotatable bonds is 3. The lowest BCUT2D eigenvalue weighted by Crippen LogP contribution is -1.95. The number of phenolic OH excluding ortho intramolecular Hbond substituents is 1. The number of halogens is 1. The third kappa shape index (κ3) is 2.19. The van der Waals surface area contributed by atoms with Gasteiger partial charge in [-0.05, 0) is 24.1 Å². The summed E-state index contributed by atoms with van der Waals surface area (Å²) in [5.41, 5.74) is 1.97. The summed E-state index contributed by atoms with van der Waals surface area (Å²) in [6.07, 6.45) is 4.84. The monoisotopic (exact) mass is 236 g/mol. The molecule has 2 rings (SSSR count). The molecule has 0 saturated heterocycles. The Morgan fingerprint density at radius 2 is 2.19 bits per heavy atom. The first kappa shape index (κ1) is 11.0. The first-order valence-corrected chi connectivity index (χ1v) is 5.60. The van der Waals surface area contributed by atoms with Crippen molar-refractivity contribution in [3.8, 4) is 16.9 Å². The molecule has 1 heterocycles. The molecular weight excluding hydrogens is 224 g/mol. The van der Waals surface area contributed by atoms with E-state index in [0.29, 0.717) is 5.02 Å². The van der Waals surface area contributed by atoms with Crippen LogP contribution in [0.1, 0.15) is 13.3 Å². The van der Waals surface area contributed by atoms with E-state index in [2.05, 4.69) is 12.0 Å². The first-order chi connectivity index (χ1) is 7.70. The van der Waals surface area contributed by atoms with E-state index in [0.717, 1.165) is 24.1 Å². The highest BCUT2D eigenvalue weighted by Crippen LogP contribution is 2.28. The standard InChI is InChI=1S/C12H13ClN2O/c1-2-5-15-8-10(7-14-15)9-3-4-12(16)11(13)6-9/h3-4,6-8,16H,2,5H2,1H3. The summed E-state index contributed by atoms with van der Waals surface area (Å²) in [5.74, 6) is 0.103. The van der Waals surface area contributed by atoms with Gasteiger partial charge in [0, 0.05) is 18.3 Å². The fourth-order valence-corrected chi connectivity index (χ4v) is 1.73. The zero-order valence-electron chi connectivity index (χ0n) is 9.02. The maximum absolute atomic E-state index is 9.33. The summed E-state index contributed by atoms with van der Waals surface area (Å²) in [6, 6.07) is 5.16. The van der Waals surface area contributed by atoms with Crippen LogP contribution in [0.25, 0.3) is 11.1 Å². The van der Waals surface area contributed by atoms with E-state index in [9.17, 15) is 5.11 Å². The van der Waals surface area contributed by atoms with Crippen molar-refractivity contribution in [1.82, 2.24) is 9.78 Å². The second-order valence-electron chi connectivity index (χ2n) is 3.66. The van der Waals surface area contributed by atoms with Gasteiger partial charge in [-0.1, -0.05) is 24.6 Å². The molecule has 0 unspecified atom stereocenters. The average molecular weight is 237 g/mol. The molecule has 0 bridgehead atoms. The topological polar surface area (TPSA) is 38.0 Å². The Labute approximate surface area is 99.3 Å². The van der Waals surface area contributed by atoms with Crippen LogP contribution in [-0.2, 0) is 6.54 Å². The normalized spacial score (nSPS) is 10.6. The number of hydrogen-bond acceptors (Lipinski definition) is 2. The lowest BCUT2D eigenvalue weighted by atomic mass is 10.1. The van der Waals surface area contributed by atoms with Gasteiger partial charge >= 0.3 is 0 Å². The maximum atomic E-state index is 9.33. The van der Waals surface area contributed by atoms with E-state index in [1.165, 1.54) is 0 Å². The minimum atomic E-state index is 0.103. The number of aromatic nitrogens is 2. The largest absolute Gasteiger partial charge is 0.506 e. The van der Waals surface area contributed by atoms with Gasteiger partial charge in [-0.15, -0.1) is 0 Å². The van der Waals surface area contributed by atoms with Gasteiger partial charge in [-0.2, -0.15) is 5.10 Å². The van der Waals surface area contributed by atoms with Crippen LogP contribution < -0.4 is 0 Å². The lowest BCUT2D eigenvalue weighted by molar-refractivity contribution is 0.475. The van der Waals surface area contributed by atoms with E-state index < -0.39 is 0 Å². The third-order valence-corrected chi connectivity index (χ3v) is 2.67. The highest BCUT2D eigenvalue weighted by atomic mass is 35.5. The summed E-state index contributed by atoms with van der Waals surface area (Å²) in [7, 11) is 0. The van der Waals surface area contributed by atoms with Crippen LogP contribution in [0.4, 0.5) is 0 Å². The van der Waals surface area contributed by atoms with Crippen molar-refractivity contribution in [3.05, 3.63) is 35.6 Å². The van der Waals surface area contributed by atoms with Crippen LogP contribution in [-0.4, -0.2) is 14.9 Å². The van der Waals surface area contributed by atoms with Crippen molar-refractivity contribution in [2.45, 2.75) is 19.9 Å². The summed E-state index contributed by atoms with van der Waals surface area (Å²) >= 11 is 5.85. The molecule has 0 radical (unpaired) electrons. The average Bonchev–Trinajstić information content (AvgIpc) is 2.71. The Balaban J connectivity index is 2.31. The van der Waals surface area contributed by atoms with Crippen LogP contribution >= 0.6 is 11.6 Å². The van der Waals surface area contributed by atoms with Crippen molar-refractivity contribution in [1.29, 1.82) is 0 Å². The molecule has 0 aliphatic heterocycles. The van der Waals surface area contributed by atoms with Crippen LogP contribution in [0.5, 0.6) is 5.75 Å². The van der Waals surface area contributed by atoms with Crippen molar-refractivity contribution in [2.24, 2.45) is 0 Å². The SMILES string of the molecule is CCCn1cc(-c2ccc(O)c(Cl)c2)cn1. The minimum absolute atomic E-state index is 0.103. The van der Waals surface area contributed by atoms with E-state index in [4.69, 9.17) is 11.6 Å². The van der Waals surface area contributed by atoms with Crippen LogP contribution in [0.3, 0.4) is 0 Å². The highest BCUT2D eigenvalue weighted by Gasteiger charge is 2.04. The molecule has 16 heavy (non-hydrogen) atoms. The van der Waals surface area contributed by atoms with Crippen molar-refractivity contribution >= 4 is 11.6 Å². The molecule has 3 nitrogen and oxygen atoms in total. The molecule has 1 aromatic heterocycles. The van der Waals surface area contributed by atoms with Gasteiger partial charge < -0.3 is 5.11 Å². The van der Waals surface area contributed by atoms with Gasteiger partial charge in [0.2, 0.25) is 0 Å². The fourth-order valence-electron chi connectivity index (χ4n) is 1.55. The van der Waals surface area contributed by atoms with Crippen LogP contribution in [0, 0.1) is 0 Å². The molecule has 1 aromatic carbocycles. The summed E-state index contributed by atoms with van der Waals surface area (Å²) in [4.78, 5) is 0. The molecule has 0 aliphatic carbocycles. The number of nitrogens with zero attached hydrogens (tertiary/aromatic N) is 2. The summed E-state index contributed by atoms with van der Waals surface area (Å²) in [6.45, 7) is 3.02. The summed E-state index contributed by atoms with van der Waals surface area (Å²) in [5, 5.41) is 13.9. The van der Waals surface area contributed by atoms with Crippen molar-refractivity contribution in [2.75, 3.05) is 0 Å². The van der Waals surface area contributed by atoms with Gasteiger partial charge in [0.25, 0.3) is 0 Å². The van der Waals surface area contributed by atoms with Crippen molar-refractivity contribution in [3.63, 3.8) is 0 Å². The van der Waals surface area contributed by atoms with Crippen LogP contribution in [0.15, 0.2) is 30.6 Å². The predicted molar refractivity (Wildman–Crippen MR) is 64.6 cm³/mol. The van der Waals surface area contributed by atoms with Gasteiger partial charge in [0.15, 0.2) is 0 Å². The Bertz CT molecular complexity index is 494. The lowest BCUT2D eigenvalue weighted by Gasteiger charge is -2.00. The number of benzene rings is 1. The molecule has 2 aromatic rings. The molecule has 0 aliphatic rings. The maximum Gasteiger partial charge on any atom is 0.134 e. The zero-order valence-corrected chi connectivity index (χ0v) is 9.78. The van der Waals surface area contributed by atoms with Gasteiger partial charge in [0.05, 0.1) is 11.2 Å². The van der Waals surface area contributed by atoms with E-state index in [-0.39, 0.29) is 5.75 Å². The van der Waals surface area contributed by atoms with Gasteiger partial charge in [-0.3, -0.25) is 4.68 Å². The number of aryl methyl sites for hydroxylation is 1. The fraction of sp³-hybridized carbons (Fsp3) is 0.250. The number of aromatic hydroxyl groups is 1. The highest BCUT2D eigenvalue weighted by molar-refractivity contribution is 6.32. The quantitative estimate of drug-likeness (QED) is 0.888. The first-order valence-electron chi connectivity index (χ1n) is 5.22. The Hall–Kier alpha value is -1.48. The van der Waals surface area contributed by atoms with Crippen LogP contribution in [0.2, 0.25) is 5.02 Å². The molecule has 84 valence electrons. The second-order valence-corrected chi connectivity index (χ2v) is 4.07. The molecule has 0 spiro atoms. The Morgan fingerprint density at radius 3 is 2.88 bits per heavy atom. The van der Waals surface area contributed by atoms with Crippen molar-refractivity contribution < 1.29 is 5.11 Å².